The summed E-state index contributed by atoms with van der Waals surface area (Å²) in [6, 6.07) is 12.7. The smallest absolute Gasteiger partial charge is 0.229 e. The predicted molar refractivity (Wildman–Crippen MR) is 103 cm³/mol. The van der Waals surface area contributed by atoms with Crippen molar-refractivity contribution < 1.29 is 14.3 Å². The molecular weight excluding hydrogens is 352 g/mol. The van der Waals surface area contributed by atoms with Crippen LogP contribution in [0.15, 0.2) is 42.5 Å². The number of amides is 2. The summed E-state index contributed by atoms with van der Waals surface area (Å²) in [5, 5.41) is 3.45. The van der Waals surface area contributed by atoms with Crippen LogP contribution in [0, 0.1) is 12.8 Å². The third-order valence-corrected chi connectivity index (χ3v) is 4.80. The molecule has 0 unspecified atom stereocenters. The van der Waals surface area contributed by atoms with Gasteiger partial charge in [0.1, 0.15) is 5.75 Å². The molecule has 2 amide bonds. The van der Waals surface area contributed by atoms with E-state index in [-0.39, 0.29) is 18.2 Å². The van der Waals surface area contributed by atoms with Gasteiger partial charge in [0.05, 0.1) is 18.2 Å². The molecule has 3 rings (SSSR count). The van der Waals surface area contributed by atoms with Gasteiger partial charge in [-0.1, -0.05) is 29.8 Å². The molecular formula is C20H21ClN2O3. The minimum atomic E-state index is -0.419. The zero-order valence-electron chi connectivity index (χ0n) is 14.8. The number of ether oxygens (including phenoxy) is 1. The van der Waals surface area contributed by atoms with E-state index in [0.29, 0.717) is 35.3 Å². The van der Waals surface area contributed by atoms with Crippen LogP contribution < -0.4 is 15.0 Å². The lowest BCUT2D eigenvalue weighted by molar-refractivity contribution is -0.122. The van der Waals surface area contributed by atoms with Gasteiger partial charge in [-0.3, -0.25) is 9.59 Å². The van der Waals surface area contributed by atoms with E-state index in [0.717, 1.165) is 5.56 Å². The van der Waals surface area contributed by atoms with Crippen molar-refractivity contribution in [2.24, 2.45) is 5.92 Å². The fourth-order valence-corrected chi connectivity index (χ4v) is 3.17. The summed E-state index contributed by atoms with van der Waals surface area (Å²) < 4.78 is 5.60. The van der Waals surface area contributed by atoms with Crippen LogP contribution in [-0.4, -0.2) is 25.0 Å². The van der Waals surface area contributed by atoms with Crippen molar-refractivity contribution in [1.29, 1.82) is 0 Å². The van der Waals surface area contributed by atoms with E-state index in [9.17, 15) is 9.59 Å². The number of anilines is 2. The third kappa shape index (κ3) is 3.83. The highest BCUT2D eigenvalue weighted by Crippen LogP contribution is 2.33. The Labute approximate surface area is 157 Å². The van der Waals surface area contributed by atoms with Crippen molar-refractivity contribution in [1.82, 2.24) is 0 Å². The molecule has 1 aliphatic heterocycles. The van der Waals surface area contributed by atoms with E-state index >= 15 is 0 Å². The lowest BCUT2D eigenvalue weighted by Crippen LogP contribution is -2.28. The summed E-state index contributed by atoms with van der Waals surface area (Å²) in [5.74, 6) is -0.0408. The number of hydrogen-bond acceptors (Lipinski definition) is 3. The van der Waals surface area contributed by atoms with Gasteiger partial charge in [-0.05, 0) is 43.7 Å². The number of carbonyl (C=O) groups is 2. The predicted octanol–water partition coefficient (Wildman–Crippen LogP) is 4.04. The monoisotopic (exact) mass is 372 g/mol. The van der Waals surface area contributed by atoms with Gasteiger partial charge in [0, 0.05) is 23.7 Å². The number of rotatable bonds is 5. The molecule has 0 radical (unpaired) electrons. The van der Waals surface area contributed by atoms with Gasteiger partial charge in [0.15, 0.2) is 0 Å². The normalized spacial score (nSPS) is 16.7. The minimum Gasteiger partial charge on any atom is -0.492 e. The molecule has 26 heavy (non-hydrogen) atoms. The first kappa shape index (κ1) is 18.3. The molecule has 0 saturated carbocycles. The maximum Gasteiger partial charge on any atom is 0.229 e. The lowest BCUT2D eigenvalue weighted by atomic mass is 10.1. The number of nitrogens with one attached hydrogen (secondary N) is 1. The largest absolute Gasteiger partial charge is 0.492 e. The Bertz CT molecular complexity index is 838. The van der Waals surface area contributed by atoms with Crippen LogP contribution >= 0.6 is 11.6 Å². The van der Waals surface area contributed by atoms with Gasteiger partial charge in [-0.2, -0.15) is 0 Å². The minimum absolute atomic E-state index is 0.0840. The zero-order chi connectivity index (χ0) is 18.7. The average Bonchev–Trinajstić information content (AvgIpc) is 3.01. The van der Waals surface area contributed by atoms with E-state index in [4.69, 9.17) is 16.3 Å². The van der Waals surface area contributed by atoms with Crippen LogP contribution in [0.5, 0.6) is 5.75 Å². The Hall–Kier alpha value is -2.53. The number of benzene rings is 2. The number of nitrogens with zero attached hydrogens (tertiary/aromatic N) is 1. The number of halogens is 1. The maximum absolute atomic E-state index is 12.6. The first-order chi connectivity index (χ1) is 12.5. The standard InChI is InChI=1S/C20H21ClN2O3/c1-3-26-18-7-5-4-6-17(18)23-12-14(10-19(23)24)20(25)22-15-9-8-13(2)16(21)11-15/h4-9,11,14H,3,10,12H2,1-2H3,(H,22,25)/t14-/m1/s1. The van der Waals surface area contributed by atoms with Gasteiger partial charge in [0.25, 0.3) is 0 Å². The Morgan fingerprint density at radius 2 is 2.08 bits per heavy atom. The molecule has 136 valence electrons. The van der Waals surface area contributed by atoms with Gasteiger partial charge < -0.3 is 15.0 Å². The lowest BCUT2D eigenvalue weighted by Gasteiger charge is -2.20. The number of carbonyl (C=O) groups excluding carboxylic acids is 2. The van der Waals surface area contributed by atoms with Gasteiger partial charge >= 0.3 is 0 Å². The fourth-order valence-electron chi connectivity index (χ4n) is 2.99. The van der Waals surface area contributed by atoms with E-state index in [2.05, 4.69) is 5.32 Å². The summed E-state index contributed by atoms with van der Waals surface area (Å²) in [7, 11) is 0. The van der Waals surface area contributed by atoms with Crippen molar-refractivity contribution >= 4 is 34.8 Å². The molecule has 6 heteroatoms. The molecule has 1 heterocycles. The highest BCUT2D eigenvalue weighted by Gasteiger charge is 2.36. The quantitative estimate of drug-likeness (QED) is 0.861. The van der Waals surface area contributed by atoms with E-state index in [1.807, 2.05) is 44.2 Å². The molecule has 1 fully saturated rings. The summed E-state index contributed by atoms with van der Waals surface area (Å²) >= 11 is 6.10. The van der Waals surface area contributed by atoms with Crippen molar-refractivity contribution in [3.8, 4) is 5.75 Å². The number of para-hydroxylation sites is 2. The van der Waals surface area contributed by atoms with Gasteiger partial charge in [-0.25, -0.2) is 0 Å². The van der Waals surface area contributed by atoms with E-state index in [1.54, 1.807) is 17.0 Å². The topological polar surface area (TPSA) is 58.6 Å². The molecule has 1 atom stereocenters. The summed E-state index contributed by atoms with van der Waals surface area (Å²) in [5.41, 5.74) is 2.28. The molecule has 2 aromatic carbocycles. The van der Waals surface area contributed by atoms with Crippen molar-refractivity contribution in [3.63, 3.8) is 0 Å². The number of aryl methyl sites for hydroxylation is 1. The second-order valence-electron chi connectivity index (χ2n) is 6.26. The van der Waals surface area contributed by atoms with Crippen molar-refractivity contribution in [2.75, 3.05) is 23.4 Å². The highest BCUT2D eigenvalue weighted by molar-refractivity contribution is 6.31. The molecule has 1 aliphatic rings. The molecule has 2 aromatic rings. The highest BCUT2D eigenvalue weighted by atomic mass is 35.5. The Balaban J connectivity index is 1.73. The van der Waals surface area contributed by atoms with Crippen molar-refractivity contribution in [3.05, 3.63) is 53.1 Å². The average molecular weight is 373 g/mol. The van der Waals surface area contributed by atoms with E-state index in [1.165, 1.54) is 0 Å². The summed E-state index contributed by atoms with van der Waals surface area (Å²) in [6.45, 7) is 4.63. The molecule has 5 nitrogen and oxygen atoms in total. The molecule has 1 N–H and O–H groups in total. The Morgan fingerprint density at radius 3 is 2.81 bits per heavy atom. The molecule has 0 bridgehead atoms. The first-order valence-corrected chi connectivity index (χ1v) is 8.96. The molecule has 0 aromatic heterocycles. The zero-order valence-corrected chi connectivity index (χ0v) is 15.5. The first-order valence-electron chi connectivity index (χ1n) is 8.58. The Kier molecular flexibility index (Phi) is 5.47. The second kappa shape index (κ2) is 7.79. The van der Waals surface area contributed by atoms with Crippen LogP contribution in [0.2, 0.25) is 5.02 Å². The SMILES string of the molecule is CCOc1ccccc1N1C[C@H](C(=O)Nc2ccc(C)c(Cl)c2)CC1=O. The van der Waals surface area contributed by atoms with Crippen LogP contribution in [0.3, 0.4) is 0 Å². The van der Waals surface area contributed by atoms with E-state index < -0.39 is 5.92 Å². The summed E-state index contributed by atoms with van der Waals surface area (Å²) in [6.07, 6.45) is 0.173. The maximum atomic E-state index is 12.6. The van der Waals surface area contributed by atoms with Crippen molar-refractivity contribution in [2.45, 2.75) is 20.3 Å². The van der Waals surface area contributed by atoms with Crippen LogP contribution in [0.4, 0.5) is 11.4 Å². The third-order valence-electron chi connectivity index (χ3n) is 4.39. The molecule has 1 saturated heterocycles. The van der Waals surface area contributed by atoms with Gasteiger partial charge in [-0.15, -0.1) is 0 Å². The van der Waals surface area contributed by atoms with Crippen LogP contribution in [-0.2, 0) is 9.59 Å². The van der Waals surface area contributed by atoms with Crippen LogP contribution in [0.25, 0.3) is 0 Å². The number of hydrogen-bond donors (Lipinski definition) is 1. The Morgan fingerprint density at radius 1 is 1.31 bits per heavy atom. The van der Waals surface area contributed by atoms with Gasteiger partial charge in [0.2, 0.25) is 11.8 Å². The summed E-state index contributed by atoms with van der Waals surface area (Å²) in [4.78, 5) is 26.7. The second-order valence-corrected chi connectivity index (χ2v) is 6.67. The fraction of sp³-hybridized carbons (Fsp3) is 0.300. The van der Waals surface area contributed by atoms with Crippen LogP contribution in [0.1, 0.15) is 18.9 Å². The molecule has 0 aliphatic carbocycles. The molecule has 0 spiro atoms.